The highest BCUT2D eigenvalue weighted by Gasteiger charge is 2.29. The third kappa shape index (κ3) is 3.51. The number of carbonyl (C=O) groups excluding carboxylic acids is 1. The molecule has 1 saturated carbocycles. The Balaban J connectivity index is 2.06. The van der Waals surface area contributed by atoms with Gasteiger partial charge in [0.2, 0.25) is 0 Å². The van der Waals surface area contributed by atoms with Crippen LogP contribution in [0.3, 0.4) is 0 Å². The van der Waals surface area contributed by atoms with Crippen molar-refractivity contribution in [1.29, 1.82) is 0 Å². The Labute approximate surface area is 125 Å². The lowest BCUT2D eigenvalue weighted by Gasteiger charge is -2.20. The number of rotatable bonds is 4. The van der Waals surface area contributed by atoms with Crippen molar-refractivity contribution in [3.05, 3.63) is 34.1 Å². The van der Waals surface area contributed by atoms with Gasteiger partial charge in [0, 0.05) is 11.3 Å². The molecule has 1 aromatic carbocycles. The molecule has 19 heavy (non-hydrogen) atoms. The minimum atomic E-state index is -0.488. The summed E-state index contributed by atoms with van der Waals surface area (Å²) in [5, 5.41) is 3.44. The van der Waals surface area contributed by atoms with Crippen molar-refractivity contribution >= 4 is 33.6 Å². The summed E-state index contributed by atoms with van der Waals surface area (Å²) < 4.78 is 14.2. The second-order valence-corrected chi connectivity index (χ2v) is 6.98. The van der Waals surface area contributed by atoms with Crippen LogP contribution < -0.4 is 5.32 Å². The second-order valence-electron chi connectivity index (χ2n) is 4.61. The number of carbonyl (C=O) groups is 1. The fourth-order valence-electron chi connectivity index (χ4n) is 2.43. The molecule has 0 bridgehead atoms. The van der Waals surface area contributed by atoms with Crippen LogP contribution in [0.25, 0.3) is 0 Å². The van der Waals surface area contributed by atoms with E-state index in [4.69, 9.17) is 0 Å². The molecule has 0 spiro atoms. The van der Waals surface area contributed by atoms with Crippen LogP contribution in [0.5, 0.6) is 0 Å². The Bertz CT molecular complexity index is 469. The lowest BCUT2D eigenvalue weighted by Crippen LogP contribution is -2.39. The van der Waals surface area contributed by atoms with Gasteiger partial charge in [-0.1, -0.05) is 19.4 Å². The highest BCUT2D eigenvalue weighted by atomic mass is 79.9. The second kappa shape index (κ2) is 6.75. The van der Waals surface area contributed by atoms with Crippen molar-refractivity contribution in [3.8, 4) is 0 Å². The van der Waals surface area contributed by atoms with E-state index in [2.05, 4.69) is 28.2 Å². The molecule has 1 amide bonds. The predicted octanol–water partition coefficient (Wildman–Crippen LogP) is 3.99. The first kappa shape index (κ1) is 14.9. The standard InChI is InChI=1S/C14H17BrFNOS/c1-2-19-12-8-4-7-11(12)17-14(18)9-5-3-6-10(15)13(9)16/h3,5-6,11-12H,2,4,7-8H2,1H3,(H,17,18). The Morgan fingerprint density at radius 3 is 3.05 bits per heavy atom. The molecular weight excluding hydrogens is 329 g/mol. The number of halogens is 2. The van der Waals surface area contributed by atoms with E-state index in [-0.39, 0.29) is 17.5 Å². The van der Waals surface area contributed by atoms with Gasteiger partial charge in [-0.3, -0.25) is 4.79 Å². The van der Waals surface area contributed by atoms with Crippen molar-refractivity contribution in [1.82, 2.24) is 5.32 Å². The molecule has 104 valence electrons. The van der Waals surface area contributed by atoms with Gasteiger partial charge in [0.15, 0.2) is 0 Å². The number of amides is 1. The smallest absolute Gasteiger partial charge is 0.254 e. The van der Waals surface area contributed by atoms with E-state index >= 15 is 0 Å². The molecular formula is C14H17BrFNOS. The lowest BCUT2D eigenvalue weighted by atomic mass is 10.1. The zero-order valence-electron chi connectivity index (χ0n) is 10.8. The van der Waals surface area contributed by atoms with E-state index in [1.807, 2.05) is 11.8 Å². The summed E-state index contributed by atoms with van der Waals surface area (Å²) >= 11 is 4.98. The van der Waals surface area contributed by atoms with E-state index in [0.717, 1.165) is 25.0 Å². The molecule has 1 aliphatic carbocycles. The molecule has 5 heteroatoms. The zero-order valence-corrected chi connectivity index (χ0v) is 13.2. The Morgan fingerprint density at radius 1 is 1.53 bits per heavy atom. The van der Waals surface area contributed by atoms with Gasteiger partial charge >= 0.3 is 0 Å². The quantitative estimate of drug-likeness (QED) is 0.893. The average molecular weight is 346 g/mol. The SMILES string of the molecule is CCSC1CCCC1NC(=O)c1cccc(Br)c1F. The average Bonchev–Trinajstić information content (AvgIpc) is 2.80. The summed E-state index contributed by atoms with van der Waals surface area (Å²) in [6.07, 6.45) is 3.24. The Morgan fingerprint density at radius 2 is 2.32 bits per heavy atom. The van der Waals surface area contributed by atoms with Crippen molar-refractivity contribution in [3.63, 3.8) is 0 Å². The number of hydrogen-bond donors (Lipinski definition) is 1. The molecule has 0 heterocycles. The summed E-state index contributed by atoms with van der Waals surface area (Å²) in [4.78, 5) is 12.1. The maximum Gasteiger partial charge on any atom is 0.254 e. The normalized spacial score (nSPS) is 22.5. The molecule has 0 aromatic heterocycles. The molecule has 1 N–H and O–H groups in total. The molecule has 1 fully saturated rings. The topological polar surface area (TPSA) is 29.1 Å². The van der Waals surface area contributed by atoms with Gasteiger partial charge in [0.1, 0.15) is 5.82 Å². The first-order valence-corrected chi connectivity index (χ1v) is 8.34. The van der Waals surface area contributed by atoms with E-state index in [9.17, 15) is 9.18 Å². The van der Waals surface area contributed by atoms with E-state index in [0.29, 0.717) is 9.72 Å². The van der Waals surface area contributed by atoms with Gasteiger partial charge in [0.25, 0.3) is 5.91 Å². The van der Waals surface area contributed by atoms with Crippen LogP contribution >= 0.6 is 27.7 Å². The predicted molar refractivity (Wildman–Crippen MR) is 81.1 cm³/mol. The number of hydrogen-bond acceptors (Lipinski definition) is 2. The fourth-order valence-corrected chi connectivity index (χ4v) is 3.99. The summed E-state index contributed by atoms with van der Waals surface area (Å²) in [6.45, 7) is 2.12. The summed E-state index contributed by atoms with van der Waals surface area (Å²) in [6, 6.07) is 4.95. The van der Waals surface area contributed by atoms with Gasteiger partial charge < -0.3 is 5.32 Å². The molecule has 2 unspecified atom stereocenters. The molecule has 0 aliphatic heterocycles. The summed E-state index contributed by atoms with van der Waals surface area (Å²) in [5.74, 6) is 0.243. The monoisotopic (exact) mass is 345 g/mol. The maximum absolute atomic E-state index is 13.9. The minimum Gasteiger partial charge on any atom is -0.348 e. The summed E-state index contributed by atoms with van der Waals surface area (Å²) in [7, 11) is 0. The van der Waals surface area contributed by atoms with Gasteiger partial charge in [-0.25, -0.2) is 4.39 Å². The fraction of sp³-hybridized carbons (Fsp3) is 0.500. The van der Waals surface area contributed by atoms with Crippen LogP contribution in [0.2, 0.25) is 0 Å². The van der Waals surface area contributed by atoms with Crippen LogP contribution in [-0.2, 0) is 0 Å². The molecule has 0 radical (unpaired) electrons. The van der Waals surface area contributed by atoms with Gasteiger partial charge in [-0.2, -0.15) is 11.8 Å². The number of nitrogens with one attached hydrogen (secondary N) is 1. The van der Waals surface area contributed by atoms with Crippen LogP contribution in [0.1, 0.15) is 36.5 Å². The zero-order chi connectivity index (χ0) is 13.8. The largest absolute Gasteiger partial charge is 0.348 e. The van der Waals surface area contributed by atoms with E-state index in [1.54, 1.807) is 12.1 Å². The number of thioether (sulfide) groups is 1. The molecule has 2 atom stereocenters. The lowest BCUT2D eigenvalue weighted by molar-refractivity contribution is 0.0934. The van der Waals surface area contributed by atoms with Gasteiger partial charge in [-0.15, -0.1) is 0 Å². The van der Waals surface area contributed by atoms with Gasteiger partial charge in [0.05, 0.1) is 10.0 Å². The van der Waals surface area contributed by atoms with Crippen molar-refractivity contribution < 1.29 is 9.18 Å². The van der Waals surface area contributed by atoms with E-state index in [1.165, 1.54) is 6.07 Å². The van der Waals surface area contributed by atoms with Crippen LogP contribution in [0.4, 0.5) is 4.39 Å². The first-order valence-electron chi connectivity index (χ1n) is 6.50. The Hall–Kier alpha value is -0.550. The third-order valence-electron chi connectivity index (χ3n) is 3.35. The third-order valence-corrected chi connectivity index (χ3v) is 5.28. The van der Waals surface area contributed by atoms with Gasteiger partial charge in [-0.05, 0) is 46.7 Å². The maximum atomic E-state index is 13.9. The van der Waals surface area contributed by atoms with Crippen molar-refractivity contribution in [2.45, 2.75) is 37.5 Å². The molecule has 0 saturated heterocycles. The number of benzene rings is 1. The highest BCUT2D eigenvalue weighted by Crippen LogP contribution is 2.30. The molecule has 1 aliphatic rings. The van der Waals surface area contributed by atoms with Crippen LogP contribution in [-0.4, -0.2) is 23.0 Å². The minimum absolute atomic E-state index is 0.113. The van der Waals surface area contributed by atoms with E-state index < -0.39 is 5.82 Å². The molecule has 2 nitrogen and oxygen atoms in total. The highest BCUT2D eigenvalue weighted by molar-refractivity contribution is 9.10. The van der Waals surface area contributed by atoms with Crippen molar-refractivity contribution in [2.24, 2.45) is 0 Å². The molecule has 1 aromatic rings. The Kier molecular flexibility index (Phi) is 5.28. The van der Waals surface area contributed by atoms with Crippen LogP contribution in [0, 0.1) is 5.82 Å². The molecule has 2 rings (SSSR count). The van der Waals surface area contributed by atoms with Crippen molar-refractivity contribution in [2.75, 3.05) is 5.75 Å². The van der Waals surface area contributed by atoms with Crippen LogP contribution in [0.15, 0.2) is 22.7 Å². The first-order chi connectivity index (χ1) is 9.13. The summed E-state index contributed by atoms with van der Waals surface area (Å²) in [5.41, 5.74) is 0.113.